The molecule has 8 nitrogen and oxygen atoms in total. The Hall–Kier alpha value is -2.32. The Morgan fingerprint density at radius 2 is 1.88 bits per heavy atom. The fraction of sp³-hybridized carbons (Fsp3) is 0.500. The number of nitrogens with zero attached hydrogens (tertiary/aromatic N) is 1. The van der Waals surface area contributed by atoms with Crippen molar-refractivity contribution in [1.82, 2.24) is 0 Å². The van der Waals surface area contributed by atoms with E-state index in [1.807, 2.05) is 6.92 Å². The molecule has 0 spiro atoms. The van der Waals surface area contributed by atoms with Gasteiger partial charge in [-0.05, 0) is 25.5 Å². The molecule has 0 radical (unpaired) electrons. The maximum absolute atomic E-state index is 11.8. The number of ketones is 1. The number of ether oxygens (including phenoxy) is 3. The van der Waals surface area contributed by atoms with E-state index in [2.05, 4.69) is 0 Å². The number of nitro groups is 1. The molecule has 1 aliphatic heterocycles. The van der Waals surface area contributed by atoms with Crippen molar-refractivity contribution >= 4 is 17.4 Å². The number of hydrogen-bond donors (Lipinski definition) is 0. The van der Waals surface area contributed by atoms with Crippen LogP contribution in [-0.2, 0) is 19.0 Å². The molecule has 0 amide bonds. The zero-order chi connectivity index (χ0) is 17.6. The monoisotopic (exact) mass is 337 g/mol. The highest BCUT2D eigenvalue weighted by molar-refractivity contribution is 5.91. The van der Waals surface area contributed by atoms with Gasteiger partial charge in [0.2, 0.25) is 0 Å². The van der Waals surface area contributed by atoms with E-state index in [0.29, 0.717) is 26.1 Å². The highest BCUT2D eigenvalue weighted by atomic mass is 16.7. The topological polar surface area (TPSA) is 105 Å². The van der Waals surface area contributed by atoms with Gasteiger partial charge in [0.15, 0.2) is 11.6 Å². The first-order valence-electron chi connectivity index (χ1n) is 7.61. The summed E-state index contributed by atoms with van der Waals surface area (Å²) in [5.41, 5.74) is 0.0427. The molecule has 24 heavy (non-hydrogen) atoms. The van der Waals surface area contributed by atoms with Crippen LogP contribution in [-0.4, -0.2) is 42.3 Å². The van der Waals surface area contributed by atoms with Gasteiger partial charge in [0, 0.05) is 25.0 Å². The summed E-state index contributed by atoms with van der Waals surface area (Å²) in [6, 6.07) is 5.00. The molecule has 0 unspecified atom stereocenters. The maximum atomic E-state index is 11.8. The van der Waals surface area contributed by atoms with Gasteiger partial charge in [-0.1, -0.05) is 0 Å². The highest BCUT2D eigenvalue weighted by Crippen LogP contribution is 2.24. The Bertz CT molecular complexity index is 605. The predicted octanol–water partition coefficient (Wildman–Crippen LogP) is 2.25. The fourth-order valence-electron chi connectivity index (χ4n) is 2.33. The normalized spacial score (nSPS) is 15.9. The second kappa shape index (κ2) is 7.98. The summed E-state index contributed by atoms with van der Waals surface area (Å²) >= 11 is 0. The van der Waals surface area contributed by atoms with Crippen LogP contribution in [0.2, 0.25) is 0 Å². The molecule has 1 aliphatic rings. The minimum absolute atomic E-state index is 0.118. The molecule has 0 N–H and O–H groups in total. The van der Waals surface area contributed by atoms with Crippen LogP contribution in [0.4, 0.5) is 5.69 Å². The van der Waals surface area contributed by atoms with Crippen molar-refractivity contribution in [3.8, 4) is 0 Å². The number of carbonyl (C=O) groups excluding carboxylic acids is 2. The Labute approximate surface area is 138 Å². The summed E-state index contributed by atoms with van der Waals surface area (Å²) in [4.78, 5) is 33.5. The highest BCUT2D eigenvalue weighted by Gasteiger charge is 2.30. The van der Waals surface area contributed by atoms with Crippen LogP contribution in [0.25, 0.3) is 0 Å². The van der Waals surface area contributed by atoms with Crippen LogP contribution < -0.4 is 0 Å². The molecule has 1 aromatic carbocycles. The standard InChI is InChI=1S/C16H19NO7/c1-16(23-9-10-24-16)8-2-3-14(18)11-22-15(19)12-4-6-13(7-5-12)17(20)21/h4-7H,2-3,8-11H2,1H3. The fourth-order valence-corrected chi connectivity index (χ4v) is 2.33. The zero-order valence-electron chi connectivity index (χ0n) is 13.4. The number of nitro benzene ring substituents is 1. The first-order chi connectivity index (χ1) is 11.4. The van der Waals surface area contributed by atoms with E-state index in [1.165, 1.54) is 24.3 Å². The van der Waals surface area contributed by atoms with Gasteiger partial charge >= 0.3 is 5.97 Å². The molecule has 1 saturated heterocycles. The van der Waals surface area contributed by atoms with E-state index in [9.17, 15) is 19.7 Å². The third-order valence-electron chi connectivity index (χ3n) is 3.66. The van der Waals surface area contributed by atoms with Gasteiger partial charge in [-0.25, -0.2) is 4.79 Å². The van der Waals surface area contributed by atoms with E-state index in [4.69, 9.17) is 14.2 Å². The number of Topliss-reactive ketones (excluding diaryl/α,β-unsaturated/α-hetero) is 1. The van der Waals surface area contributed by atoms with Gasteiger partial charge in [-0.2, -0.15) is 0 Å². The van der Waals surface area contributed by atoms with Gasteiger partial charge in [-0.15, -0.1) is 0 Å². The van der Waals surface area contributed by atoms with Crippen LogP contribution in [0.1, 0.15) is 36.5 Å². The number of esters is 1. The van der Waals surface area contributed by atoms with Gasteiger partial charge in [0.05, 0.1) is 23.7 Å². The first-order valence-corrected chi connectivity index (χ1v) is 7.61. The van der Waals surface area contributed by atoms with Crippen LogP contribution in [0.3, 0.4) is 0 Å². The Morgan fingerprint density at radius 3 is 2.46 bits per heavy atom. The third-order valence-corrected chi connectivity index (χ3v) is 3.66. The SMILES string of the molecule is CC1(CCCC(=O)COC(=O)c2ccc([N+](=O)[O-])cc2)OCCO1. The average Bonchev–Trinajstić information content (AvgIpc) is 2.99. The molecule has 2 rings (SSSR count). The molecular formula is C16H19NO7. The quantitative estimate of drug-likeness (QED) is 0.407. The smallest absolute Gasteiger partial charge is 0.338 e. The summed E-state index contributed by atoms with van der Waals surface area (Å²) in [6.07, 6.45) is 1.43. The van der Waals surface area contributed by atoms with Crippen molar-refractivity contribution in [2.75, 3.05) is 19.8 Å². The summed E-state index contributed by atoms with van der Waals surface area (Å²) in [5, 5.41) is 10.5. The molecule has 0 aromatic heterocycles. The van der Waals surface area contributed by atoms with Gasteiger partial charge < -0.3 is 14.2 Å². The molecule has 0 aliphatic carbocycles. The maximum Gasteiger partial charge on any atom is 0.338 e. The molecule has 8 heteroatoms. The Balaban J connectivity index is 1.70. The van der Waals surface area contributed by atoms with E-state index in [1.54, 1.807) is 0 Å². The number of carbonyl (C=O) groups is 2. The van der Waals surface area contributed by atoms with E-state index in [-0.39, 0.29) is 30.1 Å². The van der Waals surface area contributed by atoms with E-state index in [0.717, 1.165) is 0 Å². The van der Waals surface area contributed by atoms with Gasteiger partial charge in [0.25, 0.3) is 5.69 Å². The van der Waals surface area contributed by atoms with Crippen molar-refractivity contribution in [2.45, 2.75) is 32.0 Å². The molecule has 130 valence electrons. The van der Waals surface area contributed by atoms with Crippen LogP contribution >= 0.6 is 0 Å². The molecule has 1 fully saturated rings. The first kappa shape index (κ1) is 18.0. The average molecular weight is 337 g/mol. The van der Waals surface area contributed by atoms with Gasteiger partial charge in [-0.3, -0.25) is 14.9 Å². The van der Waals surface area contributed by atoms with Crippen LogP contribution in [0.15, 0.2) is 24.3 Å². The molecule has 1 heterocycles. The minimum atomic E-state index is -0.687. The summed E-state index contributed by atoms with van der Waals surface area (Å²) in [7, 11) is 0. The lowest BCUT2D eigenvalue weighted by atomic mass is 10.1. The zero-order valence-corrected chi connectivity index (χ0v) is 13.4. The number of hydrogen-bond acceptors (Lipinski definition) is 7. The molecule has 0 bridgehead atoms. The number of benzene rings is 1. The van der Waals surface area contributed by atoms with Crippen molar-refractivity contribution in [2.24, 2.45) is 0 Å². The number of rotatable bonds is 8. The number of non-ortho nitro benzene ring substituents is 1. The lowest BCUT2D eigenvalue weighted by molar-refractivity contribution is -0.384. The minimum Gasteiger partial charge on any atom is -0.454 e. The van der Waals surface area contributed by atoms with E-state index >= 15 is 0 Å². The van der Waals surface area contributed by atoms with Crippen LogP contribution in [0, 0.1) is 10.1 Å². The summed E-state index contributed by atoms with van der Waals surface area (Å²) in [6.45, 7) is 2.61. The van der Waals surface area contributed by atoms with Crippen molar-refractivity contribution in [3.05, 3.63) is 39.9 Å². The van der Waals surface area contributed by atoms with Crippen LogP contribution in [0.5, 0.6) is 0 Å². The summed E-state index contributed by atoms with van der Waals surface area (Å²) in [5.74, 6) is -1.52. The summed E-state index contributed by atoms with van der Waals surface area (Å²) < 4.78 is 15.8. The molecule has 0 saturated carbocycles. The Kier molecular flexibility index (Phi) is 5.99. The molecule has 1 aromatic rings. The second-order valence-electron chi connectivity index (χ2n) is 5.60. The largest absolute Gasteiger partial charge is 0.454 e. The Morgan fingerprint density at radius 1 is 1.25 bits per heavy atom. The van der Waals surface area contributed by atoms with E-state index < -0.39 is 16.7 Å². The predicted molar refractivity (Wildman–Crippen MR) is 82.5 cm³/mol. The lowest BCUT2D eigenvalue weighted by Gasteiger charge is -2.21. The molecular weight excluding hydrogens is 318 g/mol. The molecule has 0 atom stereocenters. The van der Waals surface area contributed by atoms with Crippen molar-refractivity contribution in [3.63, 3.8) is 0 Å². The van der Waals surface area contributed by atoms with Crippen molar-refractivity contribution < 1.29 is 28.7 Å². The van der Waals surface area contributed by atoms with Crippen molar-refractivity contribution in [1.29, 1.82) is 0 Å². The second-order valence-corrected chi connectivity index (χ2v) is 5.60. The lowest BCUT2D eigenvalue weighted by Crippen LogP contribution is -2.25. The third kappa shape index (κ3) is 5.10. The van der Waals surface area contributed by atoms with Gasteiger partial charge in [0.1, 0.15) is 6.61 Å².